The summed E-state index contributed by atoms with van der Waals surface area (Å²) in [7, 11) is 0. The Labute approximate surface area is 330 Å². The third-order valence-corrected chi connectivity index (χ3v) is 13.0. The van der Waals surface area contributed by atoms with Crippen LogP contribution in [0, 0.1) is 0 Å². The summed E-state index contributed by atoms with van der Waals surface area (Å²) in [6, 6.07) is 66.0. The van der Waals surface area contributed by atoms with Gasteiger partial charge < -0.3 is 4.57 Å². The molecule has 13 aromatic rings. The lowest BCUT2D eigenvalue weighted by atomic mass is 10.0. The Kier molecular flexibility index (Phi) is 6.29. The van der Waals surface area contributed by atoms with E-state index in [1.165, 1.54) is 74.3 Å². The zero-order valence-corrected chi connectivity index (χ0v) is 31.3. The Morgan fingerprint density at radius 1 is 0.368 bits per heavy atom. The number of aromatic nitrogens is 4. The maximum atomic E-state index is 5.43. The van der Waals surface area contributed by atoms with Gasteiger partial charge in [-0.1, -0.05) is 121 Å². The van der Waals surface area contributed by atoms with E-state index < -0.39 is 0 Å². The normalized spacial score (nSPS) is 12.2. The standard InChI is InChI=1S/C52H30N4S/c1-2-12-36-31(11-1)22-26-41-37-13-3-8-18-45(37)55(51(36)41)35-24-21-32-29-47-42(28-34(32)27-35)38-14-4-9-19-46(38)56(47)52-50(53-43-16-6-7-17-44(43)54-52)33-23-25-40-39-15-5-10-20-48(39)57-49(40)30-33/h1-30H. The molecule has 0 radical (unpaired) electrons. The number of hydrogen-bond acceptors (Lipinski definition) is 3. The van der Waals surface area contributed by atoms with Gasteiger partial charge in [0.05, 0.1) is 33.1 Å². The highest BCUT2D eigenvalue weighted by molar-refractivity contribution is 7.25. The van der Waals surface area contributed by atoms with Crippen LogP contribution in [0.25, 0.3) is 119 Å². The highest BCUT2D eigenvalue weighted by Gasteiger charge is 2.21. The smallest absolute Gasteiger partial charge is 0.165 e. The van der Waals surface area contributed by atoms with Gasteiger partial charge in [-0.05, 0) is 76.8 Å². The first-order valence-corrected chi connectivity index (χ1v) is 20.1. The monoisotopic (exact) mass is 742 g/mol. The van der Waals surface area contributed by atoms with Gasteiger partial charge in [-0.2, -0.15) is 0 Å². The Morgan fingerprint density at radius 3 is 1.88 bits per heavy atom. The zero-order valence-electron chi connectivity index (χ0n) is 30.5. The van der Waals surface area contributed by atoms with Crippen molar-refractivity contribution in [2.24, 2.45) is 0 Å². The van der Waals surface area contributed by atoms with Crippen LogP contribution in [-0.4, -0.2) is 19.1 Å². The SMILES string of the molecule is c1ccc2c(c1)ccc1c3ccccc3n(-c3ccc4cc5c(cc4c3)c3ccccc3n5-c3nc4ccccc4nc3-c3ccc4c(c3)sc3ccccc34)c21. The van der Waals surface area contributed by atoms with E-state index in [1.807, 2.05) is 23.5 Å². The second-order valence-electron chi connectivity index (χ2n) is 15.0. The molecule has 4 nitrogen and oxygen atoms in total. The Morgan fingerprint density at radius 2 is 1.02 bits per heavy atom. The molecule has 0 atom stereocenters. The summed E-state index contributed by atoms with van der Waals surface area (Å²) >= 11 is 1.83. The van der Waals surface area contributed by atoms with Crippen molar-refractivity contribution in [2.75, 3.05) is 0 Å². The predicted octanol–water partition coefficient (Wildman–Crippen LogP) is 14.2. The summed E-state index contributed by atoms with van der Waals surface area (Å²) in [4.78, 5) is 10.8. The molecule has 5 heteroatoms. The maximum absolute atomic E-state index is 5.43. The quantitative estimate of drug-likeness (QED) is 0.181. The third-order valence-electron chi connectivity index (χ3n) is 11.8. The largest absolute Gasteiger partial charge is 0.309 e. The third kappa shape index (κ3) is 4.43. The molecule has 57 heavy (non-hydrogen) atoms. The van der Waals surface area contributed by atoms with E-state index in [4.69, 9.17) is 9.97 Å². The average molecular weight is 743 g/mol. The molecule has 0 saturated heterocycles. The van der Waals surface area contributed by atoms with Crippen molar-refractivity contribution in [3.8, 4) is 22.8 Å². The molecule has 0 aliphatic rings. The van der Waals surface area contributed by atoms with E-state index in [0.29, 0.717) is 0 Å². The predicted molar refractivity (Wildman–Crippen MR) is 242 cm³/mol. The second kappa shape index (κ2) is 11.6. The minimum absolute atomic E-state index is 0.827. The Bertz CT molecular complexity index is 3830. The molecular weight excluding hydrogens is 713 g/mol. The fraction of sp³-hybridized carbons (Fsp3) is 0. The van der Waals surface area contributed by atoms with Gasteiger partial charge in [0, 0.05) is 58.4 Å². The van der Waals surface area contributed by atoms with Gasteiger partial charge in [0.25, 0.3) is 0 Å². The van der Waals surface area contributed by atoms with Crippen LogP contribution in [0.4, 0.5) is 0 Å². The molecule has 0 fully saturated rings. The molecule has 0 saturated carbocycles. The number of fused-ring (bicyclic) bond motifs is 13. The first-order chi connectivity index (χ1) is 28.2. The van der Waals surface area contributed by atoms with Crippen molar-refractivity contribution in [3.63, 3.8) is 0 Å². The number of rotatable bonds is 3. The van der Waals surface area contributed by atoms with Crippen LogP contribution in [0.2, 0.25) is 0 Å². The number of thiophene rings is 1. The molecule has 0 aliphatic carbocycles. The van der Waals surface area contributed by atoms with Gasteiger partial charge in [-0.25, -0.2) is 9.97 Å². The lowest BCUT2D eigenvalue weighted by Crippen LogP contribution is -2.03. The van der Waals surface area contributed by atoms with Crippen molar-refractivity contribution in [3.05, 3.63) is 182 Å². The van der Waals surface area contributed by atoms with E-state index in [0.717, 1.165) is 44.8 Å². The van der Waals surface area contributed by atoms with Crippen molar-refractivity contribution < 1.29 is 0 Å². The first kappa shape index (κ1) is 30.9. The second-order valence-corrected chi connectivity index (χ2v) is 16.1. The maximum Gasteiger partial charge on any atom is 0.165 e. The van der Waals surface area contributed by atoms with Gasteiger partial charge in [-0.15, -0.1) is 11.3 Å². The van der Waals surface area contributed by atoms with Gasteiger partial charge >= 0.3 is 0 Å². The number of benzene rings is 9. The molecule has 0 unspecified atom stereocenters. The first-order valence-electron chi connectivity index (χ1n) is 19.3. The number of hydrogen-bond donors (Lipinski definition) is 0. The summed E-state index contributed by atoms with van der Waals surface area (Å²) < 4.78 is 7.32. The molecule has 0 spiro atoms. The van der Waals surface area contributed by atoms with E-state index >= 15 is 0 Å². The van der Waals surface area contributed by atoms with E-state index in [2.05, 4.69) is 179 Å². The van der Waals surface area contributed by atoms with E-state index in [-0.39, 0.29) is 0 Å². The average Bonchev–Trinajstić information content (AvgIpc) is 3.92. The summed E-state index contributed by atoms with van der Waals surface area (Å²) in [5.41, 5.74) is 9.46. The number of nitrogens with zero attached hydrogens (tertiary/aromatic N) is 4. The minimum Gasteiger partial charge on any atom is -0.309 e. The van der Waals surface area contributed by atoms with Crippen molar-refractivity contribution in [1.29, 1.82) is 0 Å². The van der Waals surface area contributed by atoms with Crippen LogP contribution in [0.5, 0.6) is 0 Å². The van der Waals surface area contributed by atoms with Crippen LogP contribution in [0.3, 0.4) is 0 Å². The molecule has 4 heterocycles. The molecule has 0 aliphatic heterocycles. The van der Waals surface area contributed by atoms with Crippen LogP contribution >= 0.6 is 11.3 Å². The summed E-state index contributed by atoms with van der Waals surface area (Å²) in [6.07, 6.45) is 0. The van der Waals surface area contributed by atoms with Crippen molar-refractivity contribution >= 4 is 108 Å². The fourth-order valence-electron chi connectivity index (χ4n) is 9.28. The van der Waals surface area contributed by atoms with Gasteiger partial charge in [0.15, 0.2) is 5.82 Å². The highest BCUT2D eigenvalue weighted by atomic mass is 32.1. The summed E-state index contributed by atoms with van der Waals surface area (Å²) in [5.74, 6) is 0.827. The molecular formula is C52H30N4S. The highest BCUT2D eigenvalue weighted by Crippen LogP contribution is 2.42. The summed E-state index contributed by atoms with van der Waals surface area (Å²) in [6.45, 7) is 0. The summed E-state index contributed by atoms with van der Waals surface area (Å²) in [5, 5.41) is 12.3. The van der Waals surface area contributed by atoms with Crippen LogP contribution in [0.1, 0.15) is 0 Å². The minimum atomic E-state index is 0.827. The van der Waals surface area contributed by atoms with Gasteiger partial charge in [0.2, 0.25) is 0 Å². The molecule has 0 N–H and O–H groups in total. The van der Waals surface area contributed by atoms with Crippen molar-refractivity contribution in [2.45, 2.75) is 0 Å². The van der Waals surface area contributed by atoms with E-state index in [9.17, 15) is 0 Å². The van der Waals surface area contributed by atoms with Crippen LogP contribution < -0.4 is 0 Å². The lowest BCUT2D eigenvalue weighted by molar-refractivity contribution is 1.08. The fourth-order valence-corrected chi connectivity index (χ4v) is 10.4. The van der Waals surface area contributed by atoms with Gasteiger partial charge in [-0.3, -0.25) is 4.57 Å². The lowest BCUT2D eigenvalue weighted by Gasteiger charge is -2.14. The molecule has 264 valence electrons. The molecule has 0 bridgehead atoms. The molecule has 0 amide bonds. The van der Waals surface area contributed by atoms with Crippen LogP contribution in [-0.2, 0) is 0 Å². The molecule has 9 aromatic carbocycles. The molecule has 4 aromatic heterocycles. The number of para-hydroxylation sites is 4. The topological polar surface area (TPSA) is 35.6 Å². The Balaban J connectivity index is 1.07. The van der Waals surface area contributed by atoms with Crippen molar-refractivity contribution in [1.82, 2.24) is 19.1 Å². The molecule has 13 rings (SSSR count). The van der Waals surface area contributed by atoms with E-state index in [1.54, 1.807) is 0 Å². The van der Waals surface area contributed by atoms with Crippen LogP contribution in [0.15, 0.2) is 182 Å². The zero-order chi connectivity index (χ0) is 37.2. The Hall–Kier alpha value is -7.34. The van der Waals surface area contributed by atoms with Gasteiger partial charge in [0.1, 0.15) is 5.69 Å².